The number of alkyl halides is 3. The number of primary amides is 1. The van der Waals surface area contributed by atoms with Gasteiger partial charge >= 0.3 is 6.18 Å². The van der Waals surface area contributed by atoms with Gasteiger partial charge in [0, 0.05) is 29.9 Å². The van der Waals surface area contributed by atoms with E-state index in [2.05, 4.69) is 10.1 Å². The van der Waals surface area contributed by atoms with Crippen LogP contribution in [-0.2, 0) is 12.7 Å². The summed E-state index contributed by atoms with van der Waals surface area (Å²) in [6.07, 6.45) is 2.62. The van der Waals surface area contributed by atoms with E-state index < -0.39 is 17.6 Å². The van der Waals surface area contributed by atoms with Gasteiger partial charge in [0.05, 0.1) is 5.56 Å². The Morgan fingerprint density at radius 3 is 2.59 bits per heavy atom. The molecule has 0 spiro atoms. The molecule has 0 atom stereocenters. The summed E-state index contributed by atoms with van der Waals surface area (Å²) in [5.74, 6) is -0.356. The third-order valence-electron chi connectivity index (χ3n) is 5.71. The zero-order valence-electron chi connectivity index (χ0n) is 15.7. The molecule has 1 aromatic carbocycles. The number of amides is 1. The molecule has 1 fully saturated rings. The van der Waals surface area contributed by atoms with Crippen molar-refractivity contribution in [3.05, 3.63) is 59.4 Å². The number of rotatable bonds is 4. The van der Waals surface area contributed by atoms with E-state index in [1.54, 1.807) is 6.20 Å². The number of fused-ring (bicyclic) bond motifs is 1. The first kappa shape index (κ1) is 19.4. The van der Waals surface area contributed by atoms with Gasteiger partial charge < -0.3 is 5.73 Å². The van der Waals surface area contributed by atoms with Crippen LogP contribution >= 0.6 is 0 Å². The van der Waals surface area contributed by atoms with Crippen molar-refractivity contribution in [3.63, 3.8) is 0 Å². The second-order valence-electron chi connectivity index (χ2n) is 7.65. The Hall–Kier alpha value is -2.90. The minimum Gasteiger partial charge on any atom is -0.366 e. The van der Waals surface area contributed by atoms with Crippen molar-refractivity contribution in [2.24, 2.45) is 11.7 Å². The molecule has 2 heterocycles. The molecule has 3 aromatic rings. The molecule has 0 unspecified atom stereocenters. The zero-order valence-corrected chi connectivity index (χ0v) is 15.7. The van der Waals surface area contributed by atoms with Gasteiger partial charge in [-0.15, -0.1) is 0 Å². The van der Waals surface area contributed by atoms with Gasteiger partial charge in [-0.05, 0) is 67.3 Å². The van der Waals surface area contributed by atoms with Gasteiger partial charge in [-0.25, -0.2) is 4.98 Å². The Bertz CT molecular complexity index is 1000. The van der Waals surface area contributed by atoms with Gasteiger partial charge in [0.1, 0.15) is 0 Å². The molecule has 0 aliphatic heterocycles. The maximum absolute atomic E-state index is 13.0. The molecule has 5 nitrogen and oxygen atoms in total. The van der Waals surface area contributed by atoms with Crippen LogP contribution in [0.5, 0.6) is 0 Å². The highest BCUT2D eigenvalue weighted by Gasteiger charge is 2.33. The molecular weight excluding hydrogens is 381 g/mol. The maximum atomic E-state index is 13.0. The molecule has 1 amide bonds. The number of nitrogens with zero attached hydrogens (tertiary/aromatic N) is 3. The average Bonchev–Trinajstić information content (AvgIpc) is 3.09. The summed E-state index contributed by atoms with van der Waals surface area (Å²) < 4.78 is 40.8. The Labute approximate surface area is 165 Å². The lowest BCUT2D eigenvalue weighted by Gasteiger charge is -2.29. The fraction of sp³-hybridized carbons (Fsp3) is 0.381. The topological polar surface area (TPSA) is 73.8 Å². The molecule has 0 saturated heterocycles. The van der Waals surface area contributed by atoms with E-state index in [4.69, 9.17) is 5.73 Å². The molecule has 2 N–H and O–H groups in total. The number of pyridine rings is 1. The minimum atomic E-state index is -4.50. The summed E-state index contributed by atoms with van der Waals surface area (Å²) >= 11 is 0. The molecule has 152 valence electrons. The van der Waals surface area contributed by atoms with Crippen molar-refractivity contribution in [2.75, 3.05) is 0 Å². The van der Waals surface area contributed by atoms with Gasteiger partial charge in [0.15, 0.2) is 5.65 Å². The van der Waals surface area contributed by atoms with Crippen LogP contribution in [0, 0.1) is 5.92 Å². The van der Waals surface area contributed by atoms with E-state index >= 15 is 0 Å². The summed E-state index contributed by atoms with van der Waals surface area (Å²) in [7, 11) is 0. The molecule has 1 aliphatic rings. The molecule has 1 aliphatic carbocycles. The summed E-state index contributed by atoms with van der Waals surface area (Å²) in [4.78, 5) is 16.0. The second kappa shape index (κ2) is 7.50. The van der Waals surface area contributed by atoms with Crippen LogP contribution in [0.25, 0.3) is 11.0 Å². The van der Waals surface area contributed by atoms with Gasteiger partial charge in [0.25, 0.3) is 0 Å². The molecule has 0 bridgehead atoms. The van der Waals surface area contributed by atoms with Gasteiger partial charge in [-0.3, -0.25) is 9.48 Å². The van der Waals surface area contributed by atoms with Crippen molar-refractivity contribution < 1.29 is 18.0 Å². The lowest BCUT2D eigenvalue weighted by Crippen LogP contribution is -2.22. The van der Waals surface area contributed by atoms with Gasteiger partial charge in [0.2, 0.25) is 5.91 Å². The zero-order chi connectivity index (χ0) is 20.6. The third-order valence-corrected chi connectivity index (χ3v) is 5.71. The number of hydrogen-bond donors (Lipinski definition) is 1. The largest absolute Gasteiger partial charge is 0.416 e. The first-order valence-corrected chi connectivity index (χ1v) is 9.60. The van der Waals surface area contributed by atoms with Crippen molar-refractivity contribution in [1.82, 2.24) is 14.8 Å². The van der Waals surface area contributed by atoms with E-state index in [-0.39, 0.29) is 11.5 Å². The van der Waals surface area contributed by atoms with Crippen LogP contribution in [0.3, 0.4) is 0 Å². The Balaban J connectivity index is 1.45. The van der Waals surface area contributed by atoms with E-state index in [1.165, 1.54) is 6.07 Å². The Kier molecular flexibility index (Phi) is 5.02. The van der Waals surface area contributed by atoms with E-state index in [9.17, 15) is 18.0 Å². The van der Waals surface area contributed by atoms with E-state index in [0.29, 0.717) is 11.5 Å². The van der Waals surface area contributed by atoms with Crippen molar-refractivity contribution in [1.29, 1.82) is 0 Å². The molecule has 2 aromatic heterocycles. The van der Waals surface area contributed by atoms with Crippen molar-refractivity contribution in [2.45, 2.75) is 44.3 Å². The predicted molar refractivity (Wildman–Crippen MR) is 102 cm³/mol. The van der Waals surface area contributed by atoms with Crippen LogP contribution < -0.4 is 5.73 Å². The van der Waals surface area contributed by atoms with Crippen LogP contribution in [0.1, 0.15) is 53.1 Å². The summed E-state index contributed by atoms with van der Waals surface area (Å²) in [5.41, 5.74) is 5.85. The number of halogens is 3. The number of benzene rings is 1. The number of carbonyl (C=O) groups is 1. The highest BCUT2D eigenvalue weighted by molar-refractivity contribution is 5.94. The summed E-state index contributed by atoms with van der Waals surface area (Å²) in [6, 6.07) is 7.18. The van der Waals surface area contributed by atoms with Crippen LogP contribution in [0.15, 0.2) is 42.7 Å². The Morgan fingerprint density at radius 1 is 1.17 bits per heavy atom. The lowest BCUT2D eigenvalue weighted by atomic mass is 9.77. The molecule has 29 heavy (non-hydrogen) atoms. The fourth-order valence-corrected chi connectivity index (χ4v) is 4.22. The quantitative estimate of drug-likeness (QED) is 0.697. The highest BCUT2D eigenvalue weighted by Crippen LogP contribution is 2.39. The smallest absolute Gasteiger partial charge is 0.366 e. The average molecular weight is 402 g/mol. The first-order chi connectivity index (χ1) is 13.8. The number of nitrogens with two attached hydrogens (primary N) is 1. The predicted octanol–water partition coefficient (Wildman–Crippen LogP) is 4.52. The van der Waals surface area contributed by atoms with Crippen LogP contribution in [0.4, 0.5) is 13.2 Å². The SMILES string of the molecule is NC(=O)c1cc(C(F)(F)F)ccc1[C@H]1CC[C@H](Cn2cc3cccnc3n2)CC1. The minimum absolute atomic E-state index is 0.0207. The molecule has 1 saturated carbocycles. The van der Waals surface area contributed by atoms with Crippen molar-refractivity contribution in [3.8, 4) is 0 Å². The third kappa shape index (κ3) is 4.11. The monoisotopic (exact) mass is 402 g/mol. The van der Waals surface area contributed by atoms with Crippen LogP contribution in [0.2, 0.25) is 0 Å². The number of aromatic nitrogens is 3. The lowest BCUT2D eigenvalue weighted by molar-refractivity contribution is -0.137. The van der Waals surface area contributed by atoms with E-state index in [1.807, 2.05) is 23.0 Å². The summed E-state index contributed by atoms with van der Waals surface area (Å²) in [6.45, 7) is 0.777. The van der Waals surface area contributed by atoms with Gasteiger partial charge in [-0.1, -0.05) is 6.07 Å². The van der Waals surface area contributed by atoms with Gasteiger partial charge in [-0.2, -0.15) is 18.3 Å². The number of hydrogen-bond acceptors (Lipinski definition) is 3. The Morgan fingerprint density at radius 2 is 1.93 bits per heavy atom. The van der Waals surface area contributed by atoms with Crippen molar-refractivity contribution >= 4 is 16.9 Å². The maximum Gasteiger partial charge on any atom is 0.416 e. The fourth-order valence-electron chi connectivity index (χ4n) is 4.22. The highest BCUT2D eigenvalue weighted by atomic mass is 19.4. The number of carbonyl (C=O) groups excluding carboxylic acids is 1. The normalized spacial score (nSPS) is 20.1. The molecule has 8 heteroatoms. The summed E-state index contributed by atoms with van der Waals surface area (Å²) in [5, 5.41) is 5.49. The van der Waals surface area contributed by atoms with Crippen LogP contribution in [-0.4, -0.2) is 20.7 Å². The standard InChI is InChI=1S/C21H21F3N4O/c22-21(23,24)16-7-8-17(18(10-16)19(25)29)14-5-3-13(4-6-14)11-28-12-15-2-1-9-26-20(15)27-28/h1-2,7-10,12-14H,3-6,11H2,(H2,25,29)/t13-,14-. The molecular formula is C21H21F3N4O. The first-order valence-electron chi connectivity index (χ1n) is 9.60. The van der Waals surface area contributed by atoms with E-state index in [0.717, 1.165) is 55.4 Å². The molecule has 4 rings (SSSR count). The molecule has 0 radical (unpaired) electrons. The second-order valence-corrected chi connectivity index (χ2v) is 7.65.